The fourth-order valence-electron chi connectivity index (χ4n) is 3.08. The normalized spacial score (nSPS) is 20.1. The van der Waals surface area contributed by atoms with Crippen molar-refractivity contribution >= 4 is 16.6 Å². The molecule has 1 aliphatic rings. The Morgan fingerprint density at radius 2 is 1.95 bits per heavy atom. The molecule has 3 rings (SSSR count). The lowest BCUT2D eigenvalue weighted by Gasteiger charge is -2.30. The first kappa shape index (κ1) is 13.3. The Hall–Kier alpha value is -1.68. The zero-order valence-electron chi connectivity index (χ0n) is 11.9. The number of aryl methyl sites for hydroxylation is 1. The van der Waals surface area contributed by atoms with Crippen molar-refractivity contribution in [2.45, 2.75) is 38.6 Å². The predicted octanol–water partition coefficient (Wildman–Crippen LogP) is 2.68. The van der Waals surface area contributed by atoms with Gasteiger partial charge in [0, 0.05) is 17.3 Å². The third kappa shape index (κ3) is 2.36. The maximum Gasteiger partial charge on any atom is 0.159 e. The monoisotopic (exact) mass is 271 g/mol. The molecule has 2 heterocycles. The van der Waals surface area contributed by atoms with Crippen molar-refractivity contribution in [2.24, 2.45) is 0 Å². The molecule has 1 aromatic heterocycles. The van der Waals surface area contributed by atoms with Gasteiger partial charge >= 0.3 is 0 Å². The third-order valence-corrected chi connectivity index (χ3v) is 4.21. The molecule has 1 aliphatic heterocycles. The Morgan fingerprint density at radius 1 is 1.15 bits per heavy atom. The number of aliphatic hydroxyl groups is 1. The fourth-order valence-corrected chi connectivity index (χ4v) is 3.08. The number of aliphatic hydroxyl groups excluding tert-OH is 1. The van der Waals surface area contributed by atoms with E-state index in [1.165, 1.54) is 12.8 Å². The zero-order chi connectivity index (χ0) is 13.9. The summed E-state index contributed by atoms with van der Waals surface area (Å²) in [6.45, 7) is 3.13. The van der Waals surface area contributed by atoms with Crippen molar-refractivity contribution in [3.8, 4) is 0 Å². The molecule has 0 spiro atoms. The lowest BCUT2D eigenvalue weighted by molar-refractivity contribution is 0.254. The molecule has 20 heavy (non-hydrogen) atoms. The van der Waals surface area contributed by atoms with Gasteiger partial charge in [-0.25, -0.2) is 0 Å². The minimum Gasteiger partial charge on any atom is -0.394 e. The lowest BCUT2D eigenvalue weighted by atomic mass is 10.1. The Labute approximate surface area is 119 Å². The molecule has 0 amide bonds. The van der Waals surface area contributed by atoms with E-state index >= 15 is 0 Å². The average Bonchev–Trinajstić information content (AvgIpc) is 2.73. The van der Waals surface area contributed by atoms with Gasteiger partial charge in [-0.1, -0.05) is 37.1 Å². The van der Waals surface area contributed by atoms with Gasteiger partial charge in [-0.15, -0.1) is 5.10 Å². The first-order valence-corrected chi connectivity index (χ1v) is 7.41. The number of hydrogen-bond acceptors (Lipinski definition) is 4. The maximum absolute atomic E-state index is 9.68. The molecule has 4 heteroatoms. The van der Waals surface area contributed by atoms with Crippen LogP contribution in [0, 0.1) is 6.92 Å². The second-order valence-electron chi connectivity index (χ2n) is 5.53. The summed E-state index contributed by atoms with van der Waals surface area (Å²) >= 11 is 0. The summed E-state index contributed by atoms with van der Waals surface area (Å²) in [5, 5.41) is 20.7. The molecule has 0 bridgehead atoms. The standard InChI is InChI=1S/C16H21N3O/c1-12-14-8-4-5-9-15(14)16(18-17-12)19-10-6-2-3-7-13(19)11-20/h4-5,8-9,13,20H,2-3,6-7,10-11H2,1H3. The summed E-state index contributed by atoms with van der Waals surface area (Å²) < 4.78 is 0. The highest BCUT2D eigenvalue weighted by Gasteiger charge is 2.23. The Balaban J connectivity index is 2.10. The van der Waals surface area contributed by atoms with Gasteiger partial charge in [0.1, 0.15) is 0 Å². The highest BCUT2D eigenvalue weighted by atomic mass is 16.3. The molecule has 1 fully saturated rings. The molecular formula is C16H21N3O. The summed E-state index contributed by atoms with van der Waals surface area (Å²) in [7, 11) is 0. The third-order valence-electron chi connectivity index (χ3n) is 4.21. The van der Waals surface area contributed by atoms with E-state index in [2.05, 4.69) is 27.2 Å². The molecule has 2 aromatic rings. The van der Waals surface area contributed by atoms with Crippen molar-refractivity contribution in [3.05, 3.63) is 30.0 Å². The lowest BCUT2D eigenvalue weighted by Crippen LogP contribution is -2.38. The van der Waals surface area contributed by atoms with Crippen LogP contribution in [0.25, 0.3) is 10.8 Å². The molecular weight excluding hydrogens is 250 g/mol. The number of hydrogen-bond donors (Lipinski definition) is 1. The summed E-state index contributed by atoms with van der Waals surface area (Å²) in [5.74, 6) is 0.923. The predicted molar refractivity (Wildman–Crippen MR) is 81.0 cm³/mol. The number of aromatic nitrogens is 2. The molecule has 106 valence electrons. The van der Waals surface area contributed by atoms with Crippen LogP contribution in [-0.4, -0.2) is 34.5 Å². The summed E-state index contributed by atoms with van der Waals surface area (Å²) in [5.41, 5.74) is 0.958. The first-order valence-electron chi connectivity index (χ1n) is 7.41. The molecule has 1 unspecified atom stereocenters. The molecule has 1 aromatic carbocycles. The molecule has 0 aliphatic carbocycles. The highest BCUT2D eigenvalue weighted by Crippen LogP contribution is 2.29. The van der Waals surface area contributed by atoms with Gasteiger partial charge in [0.2, 0.25) is 0 Å². The second-order valence-corrected chi connectivity index (χ2v) is 5.53. The van der Waals surface area contributed by atoms with Crippen LogP contribution in [0.3, 0.4) is 0 Å². The van der Waals surface area contributed by atoms with Crippen molar-refractivity contribution in [1.82, 2.24) is 10.2 Å². The van der Waals surface area contributed by atoms with Crippen LogP contribution in [0.5, 0.6) is 0 Å². The number of rotatable bonds is 2. The minimum absolute atomic E-state index is 0.165. The molecule has 0 saturated carbocycles. The van der Waals surface area contributed by atoms with Gasteiger partial charge in [-0.05, 0) is 19.8 Å². The van der Waals surface area contributed by atoms with Gasteiger partial charge in [-0.3, -0.25) is 0 Å². The van der Waals surface area contributed by atoms with Crippen LogP contribution in [0.4, 0.5) is 5.82 Å². The quantitative estimate of drug-likeness (QED) is 0.912. The molecule has 4 nitrogen and oxygen atoms in total. The number of nitrogens with zero attached hydrogens (tertiary/aromatic N) is 3. The zero-order valence-corrected chi connectivity index (χ0v) is 11.9. The SMILES string of the molecule is Cc1nnc(N2CCCCCC2CO)c2ccccc12. The summed E-state index contributed by atoms with van der Waals surface area (Å²) in [4.78, 5) is 2.25. The van der Waals surface area contributed by atoms with E-state index in [9.17, 15) is 5.11 Å². The summed E-state index contributed by atoms with van der Waals surface area (Å²) in [6.07, 6.45) is 4.59. The number of fused-ring (bicyclic) bond motifs is 1. The van der Waals surface area contributed by atoms with Crippen LogP contribution in [0.1, 0.15) is 31.4 Å². The number of anilines is 1. The van der Waals surface area contributed by atoms with Gasteiger partial charge in [-0.2, -0.15) is 5.10 Å². The van der Waals surface area contributed by atoms with Gasteiger partial charge < -0.3 is 10.0 Å². The van der Waals surface area contributed by atoms with Crippen molar-refractivity contribution in [3.63, 3.8) is 0 Å². The first-order chi connectivity index (χ1) is 9.81. The van der Waals surface area contributed by atoms with E-state index in [1.807, 2.05) is 19.1 Å². The Morgan fingerprint density at radius 3 is 2.75 bits per heavy atom. The van der Waals surface area contributed by atoms with Crippen LogP contribution < -0.4 is 4.90 Å². The largest absolute Gasteiger partial charge is 0.394 e. The maximum atomic E-state index is 9.68. The molecule has 1 N–H and O–H groups in total. The smallest absolute Gasteiger partial charge is 0.159 e. The fraction of sp³-hybridized carbons (Fsp3) is 0.500. The van der Waals surface area contributed by atoms with Crippen LogP contribution in [0.2, 0.25) is 0 Å². The summed E-state index contributed by atoms with van der Waals surface area (Å²) in [6, 6.07) is 8.43. The van der Waals surface area contributed by atoms with E-state index in [0.717, 1.165) is 41.7 Å². The van der Waals surface area contributed by atoms with Crippen molar-refractivity contribution in [1.29, 1.82) is 0 Å². The van der Waals surface area contributed by atoms with E-state index in [4.69, 9.17) is 0 Å². The van der Waals surface area contributed by atoms with Crippen LogP contribution in [-0.2, 0) is 0 Å². The van der Waals surface area contributed by atoms with Crippen LogP contribution >= 0.6 is 0 Å². The van der Waals surface area contributed by atoms with E-state index in [0.29, 0.717) is 0 Å². The van der Waals surface area contributed by atoms with E-state index in [-0.39, 0.29) is 12.6 Å². The topological polar surface area (TPSA) is 49.2 Å². The van der Waals surface area contributed by atoms with Crippen molar-refractivity contribution < 1.29 is 5.11 Å². The average molecular weight is 271 g/mol. The molecule has 1 atom stereocenters. The van der Waals surface area contributed by atoms with E-state index < -0.39 is 0 Å². The van der Waals surface area contributed by atoms with Crippen molar-refractivity contribution in [2.75, 3.05) is 18.1 Å². The van der Waals surface area contributed by atoms with Gasteiger partial charge in [0.15, 0.2) is 5.82 Å². The molecule has 1 saturated heterocycles. The minimum atomic E-state index is 0.165. The highest BCUT2D eigenvalue weighted by molar-refractivity contribution is 5.93. The van der Waals surface area contributed by atoms with Gasteiger partial charge in [0.25, 0.3) is 0 Å². The molecule has 0 radical (unpaired) electrons. The Bertz CT molecular complexity index is 599. The second kappa shape index (κ2) is 5.75. The van der Waals surface area contributed by atoms with Gasteiger partial charge in [0.05, 0.1) is 18.3 Å². The van der Waals surface area contributed by atoms with Crippen LogP contribution in [0.15, 0.2) is 24.3 Å². The number of benzene rings is 1. The Kier molecular flexibility index (Phi) is 3.83. The van der Waals surface area contributed by atoms with E-state index in [1.54, 1.807) is 0 Å².